The van der Waals surface area contributed by atoms with Crippen LogP contribution in [0.2, 0.25) is 0 Å². The van der Waals surface area contributed by atoms with Gasteiger partial charge in [0.1, 0.15) is 12.3 Å². The molecule has 2 aliphatic rings. The van der Waals surface area contributed by atoms with Crippen LogP contribution in [-0.2, 0) is 30.3 Å². The number of carboxylic acid groups (broad SMARTS) is 1. The number of nitrogens with one attached hydrogen (secondary N) is 2. The summed E-state index contributed by atoms with van der Waals surface area (Å²) in [5.74, 6) is -0.321. The van der Waals surface area contributed by atoms with Crippen molar-refractivity contribution in [1.29, 1.82) is 0 Å². The van der Waals surface area contributed by atoms with Gasteiger partial charge in [0, 0.05) is 39.0 Å². The molecule has 0 bridgehead atoms. The summed E-state index contributed by atoms with van der Waals surface area (Å²) in [6.07, 6.45) is 7.55. The molecule has 0 radical (unpaired) electrons. The molecule has 1 saturated heterocycles. The number of piperidine rings is 1. The van der Waals surface area contributed by atoms with E-state index in [2.05, 4.69) is 21.9 Å². The molecule has 0 aromatic carbocycles. The Kier molecular flexibility index (Phi) is 12.4. The van der Waals surface area contributed by atoms with Crippen molar-refractivity contribution in [3.8, 4) is 0 Å². The second kappa shape index (κ2) is 15.9. The van der Waals surface area contributed by atoms with Gasteiger partial charge in [0.05, 0.1) is 32.3 Å². The van der Waals surface area contributed by atoms with Gasteiger partial charge in [-0.05, 0) is 38.7 Å². The summed E-state index contributed by atoms with van der Waals surface area (Å²) in [6, 6.07) is 0. The summed E-state index contributed by atoms with van der Waals surface area (Å²) in [4.78, 5) is 45.0. The molecule has 2 heterocycles. The van der Waals surface area contributed by atoms with Gasteiger partial charge in [0.2, 0.25) is 11.8 Å². The van der Waals surface area contributed by atoms with Gasteiger partial charge in [0.15, 0.2) is 5.84 Å². The highest BCUT2D eigenvalue weighted by Gasteiger charge is 2.25. The third kappa shape index (κ3) is 10.0. The SMILES string of the molecule is C=C(/N=C(/N)c1[nH]c(=O)n(CC2CCN(C(=O)CNCCOC3C=CC=C(CC(=O)O)C3)CC2)c1C)OCCOC. The van der Waals surface area contributed by atoms with Crippen LogP contribution < -0.4 is 16.7 Å². The largest absolute Gasteiger partial charge is 0.481 e. The lowest BCUT2D eigenvalue weighted by molar-refractivity contribution is -0.136. The average molecular weight is 575 g/mol. The van der Waals surface area contributed by atoms with Gasteiger partial charge < -0.3 is 40.3 Å². The maximum Gasteiger partial charge on any atom is 0.326 e. The van der Waals surface area contributed by atoms with E-state index in [9.17, 15) is 14.4 Å². The second-order valence-corrected chi connectivity index (χ2v) is 10.1. The zero-order chi connectivity index (χ0) is 29.8. The van der Waals surface area contributed by atoms with E-state index >= 15 is 0 Å². The molecule has 1 atom stereocenters. The molecule has 13 heteroatoms. The number of methoxy groups -OCH3 is 1. The monoisotopic (exact) mass is 574 g/mol. The van der Waals surface area contributed by atoms with E-state index < -0.39 is 5.97 Å². The zero-order valence-electron chi connectivity index (χ0n) is 23.9. The van der Waals surface area contributed by atoms with Crippen LogP contribution in [0.3, 0.4) is 0 Å². The number of rotatable bonds is 16. The number of carbonyl (C=O) groups excluding carboxylic acids is 1. The Labute approximate surface area is 239 Å². The topological polar surface area (TPSA) is 173 Å². The standard InChI is InChI=1S/C28H42N6O7/c1-19-26(27(29)31-20(2)40-14-13-39-3)32-28(38)34(19)18-21-7-10-33(11-8-21)24(35)17-30-9-12-41-23-6-4-5-22(15-23)16-25(36)37/h4-6,21,23,30H,2,7-18H2,1,3H3,(H2,29,31)(H,32,38)(H,36,37). The van der Waals surface area contributed by atoms with Crippen molar-refractivity contribution in [2.24, 2.45) is 16.6 Å². The normalized spacial score (nSPS) is 17.9. The highest BCUT2D eigenvalue weighted by atomic mass is 16.5. The number of aliphatic carboxylic acids is 1. The number of hydrogen-bond donors (Lipinski definition) is 4. The van der Waals surface area contributed by atoms with Crippen LogP contribution in [0.15, 0.2) is 46.1 Å². The Bertz CT molecular complexity index is 1210. The van der Waals surface area contributed by atoms with E-state index in [1.807, 2.05) is 30.1 Å². The van der Waals surface area contributed by atoms with Gasteiger partial charge >= 0.3 is 11.7 Å². The van der Waals surface area contributed by atoms with Crippen molar-refractivity contribution in [3.63, 3.8) is 0 Å². The van der Waals surface area contributed by atoms with Crippen LogP contribution in [-0.4, -0.2) is 96.5 Å². The van der Waals surface area contributed by atoms with Gasteiger partial charge in [0.25, 0.3) is 0 Å². The molecule has 3 rings (SSSR count). The molecule has 1 aromatic rings. The summed E-state index contributed by atoms with van der Waals surface area (Å²) in [6.45, 7) is 9.15. The quantitative estimate of drug-likeness (QED) is 0.0968. The molecule has 226 valence electrons. The fraction of sp³-hybridized carbons (Fsp3) is 0.571. The van der Waals surface area contributed by atoms with Crippen LogP contribution in [0.5, 0.6) is 0 Å². The molecule has 1 amide bonds. The van der Waals surface area contributed by atoms with E-state index in [4.69, 9.17) is 25.1 Å². The molecule has 1 aliphatic carbocycles. The van der Waals surface area contributed by atoms with Crippen molar-refractivity contribution in [2.45, 2.75) is 45.3 Å². The Morgan fingerprint density at radius 1 is 1.27 bits per heavy atom. The lowest BCUT2D eigenvalue weighted by atomic mass is 9.96. The van der Waals surface area contributed by atoms with E-state index in [1.54, 1.807) is 11.7 Å². The van der Waals surface area contributed by atoms with Gasteiger partial charge in [-0.25, -0.2) is 4.79 Å². The van der Waals surface area contributed by atoms with Gasteiger partial charge in [-0.2, -0.15) is 4.99 Å². The summed E-state index contributed by atoms with van der Waals surface area (Å²) in [5, 5.41) is 12.1. The number of amidine groups is 1. The summed E-state index contributed by atoms with van der Waals surface area (Å²) >= 11 is 0. The molecule has 13 nitrogen and oxygen atoms in total. The minimum absolute atomic E-state index is 0.0159. The third-order valence-corrected chi connectivity index (χ3v) is 7.10. The number of ether oxygens (including phenoxy) is 3. The number of hydrogen-bond acceptors (Lipinski definition) is 8. The number of aromatic amines is 1. The first-order valence-corrected chi connectivity index (χ1v) is 13.8. The molecule has 1 aliphatic heterocycles. The molecule has 1 aromatic heterocycles. The van der Waals surface area contributed by atoms with Crippen molar-refractivity contribution in [3.05, 3.63) is 58.1 Å². The number of H-pyrrole nitrogens is 1. The van der Waals surface area contributed by atoms with E-state index in [1.165, 1.54) is 0 Å². The Hall–Kier alpha value is -3.68. The molecule has 1 unspecified atom stereocenters. The summed E-state index contributed by atoms with van der Waals surface area (Å²) in [7, 11) is 1.57. The first-order valence-electron chi connectivity index (χ1n) is 13.8. The molecule has 41 heavy (non-hydrogen) atoms. The maximum atomic E-state index is 12.7. The van der Waals surface area contributed by atoms with Crippen molar-refractivity contribution in [2.75, 3.05) is 53.1 Å². The van der Waals surface area contributed by atoms with E-state index in [0.29, 0.717) is 63.8 Å². The van der Waals surface area contributed by atoms with Crippen molar-refractivity contribution < 1.29 is 28.9 Å². The van der Waals surface area contributed by atoms with Gasteiger partial charge in [-0.3, -0.25) is 14.2 Å². The lowest BCUT2D eigenvalue weighted by Gasteiger charge is -2.32. The van der Waals surface area contributed by atoms with Crippen LogP contribution in [0.4, 0.5) is 0 Å². The predicted molar refractivity (Wildman–Crippen MR) is 153 cm³/mol. The minimum atomic E-state index is -0.851. The van der Waals surface area contributed by atoms with Crippen molar-refractivity contribution in [1.82, 2.24) is 19.8 Å². The highest BCUT2D eigenvalue weighted by Crippen LogP contribution is 2.20. The molecule has 0 spiro atoms. The number of nitrogens with zero attached hydrogens (tertiary/aromatic N) is 3. The minimum Gasteiger partial charge on any atom is -0.481 e. The zero-order valence-corrected chi connectivity index (χ0v) is 23.9. The number of carboxylic acids is 1. The van der Waals surface area contributed by atoms with Gasteiger partial charge in [-0.1, -0.05) is 23.8 Å². The van der Waals surface area contributed by atoms with Gasteiger partial charge in [-0.15, -0.1) is 0 Å². The lowest BCUT2D eigenvalue weighted by Crippen LogP contribution is -2.44. The number of imidazole rings is 1. The number of amides is 1. The Morgan fingerprint density at radius 2 is 2.02 bits per heavy atom. The molecule has 5 N–H and O–H groups in total. The molecule has 0 saturated carbocycles. The Balaban J connectivity index is 1.37. The smallest absolute Gasteiger partial charge is 0.326 e. The first-order chi connectivity index (χ1) is 19.7. The average Bonchev–Trinajstić information content (AvgIpc) is 3.21. The number of nitrogens with two attached hydrogens (primary N) is 1. The predicted octanol–water partition coefficient (Wildman–Crippen LogP) is 0.899. The fourth-order valence-corrected chi connectivity index (χ4v) is 4.85. The van der Waals surface area contributed by atoms with E-state index in [-0.39, 0.29) is 48.3 Å². The maximum absolute atomic E-state index is 12.7. The number of carbonyl (C=O) groups is 2. The molecular formula is C28H42N6O7. The molecule has 1 fully saturated rings. The van der Waals surface area contributed by atoms with Crippen LogP contribution in [0.1, 0.15) is 37.1 Å². The number of likely N-dealkylation sites (tertiary alicyclic amines) is 1. The summed E-state index contributed by atoms with van der Waals surface area (Å²) in [5.41, 5.74) is 7.79. The van der Waals surface area contributed by atoms with Crippen LogP contribution in [0.25, 0.3) is 0 Å². The number of aliphatic imine (C=N–C) groups is 1. The first kappa shape index (κ1) is 31.8. The third-order valence-electron chi connectivity index (χ3n) is 7.10. The van der Waals surface area contributed by atoms with Crippen molar-refractivity contribution >= 4 is 17.7 Å². The Morgan fingerprint density at radius 3 is 2.73 bits per heavy atom. The number of allylic oxidation sites excluding steroid dienone is 2. The highest BCUT2D eigenvalue weighted by molar-refractivity contribution is 5.97. The number of aromatic nitrogens is 2. The fourth-order valence-electron chi connectivity index (χ4n) is 4.85. The van der Waals surface area contributed by atoms with Crippen LogP contribution in [0, 0.1) is 12.8 Å². The van der Waals surface area contributed by atoms with Crippen LogP contribution >= 0.6 is 0 Å². The van der Waals surface area contributed by atoms with E-state index in [0.717, 1.165) is 18.4 Å². The summed E-state index contributed by atoms with van der Waals surface area (Å²) < 4.78 is 17.7. The second-order valence-electron chi connectivity index (χ2n) is 10.1. The molecular weight excluding hydrogens is 532 g/mol.